The van der Waals surface area contributed by atoms with Crippen LogP contribution >= 0.6 is 62.2 Å². The molecule has 0 fully saturated rings. The summed E-state index contributed by atoms with van der Waals surface area (Å²) in [6.45, 7) is 0. The Kier molecular flexibility index (Phi) is 8.35. The van der Waals surface area contributed by atoms with E-state index < -0.39 is 15.8 Å². The fourth-order valence-corrected chi connectivity index (χ4v) is 9.74. The van der Waals surface area contributed by atoms with E-state index in [0.717, 1.165) is 20.1 Å². The Labute approximate surface area is 234 Å². The van der Waals surface area contributed by atoms with Crippen LogP contribution < -0.4 is 31.8 Å². The molecule has 178 valence electrons. The zero-order valence-corrected chi connectivity index (χ0v) is 23.8. The van der Waals surface area contributed by atoms with Crippen LogP contribution in [0.1, 0.15) is 0 Å². The number of hydrogen-bond donors (Lipinski definition) is 0. The van der Waals surface area contributed by atoms with E-state index in [1.807, 2.05) is 48.5 Å². The quantitative estimate of drug-likeness (QED) is 0.179. The summed E-state index contributed by atoms with van der Waals surface area (Å²) in [4.78, 5) is 0. The van der Waals surface area contributed by atoms with Gasteiger partial charge in [-0.05, 0) is 96.2 Å². The molecule has 5 aromatic carbocycles. The Morgan fingerprint density at radius 1 is 0.306 bits per heavy atom. The molecule has 5 rings (SSSR count). The van der Waals surface area contributed by atoms with Crippen LogP contribution in [0.2, 0.25) is 20.1 Å². The second-order valence-corrected chi connectivity index (χ2v) is 14.2. The van der Waals surface area contributed by atoms with Gasteiger partial charge in [-0.3, -0.25) is 0 Å². The average Bonchev–Trinajstić information content (AvgIpc) is 2.90. The number of rotatable bonds is 6. The van der Waals surface area contributed by atoms with Crippen LogP contribution in [0.4, 0.5) is 0 Å². The lowest BCUT2D eigenvalue weighted by Crippen LogP contribution is -2.34. The van der Waals surface area contributed by atoms with E-state index >= 15 is 0 Å². The Morgan fingerprint density at radius 2 is 0.528 bits per heavy atom. The van der Waals surface area contributed by atoms with Gasteiger partial charge < -0.3 is 0 Å². The third kappa shape index (κ3) is 5.82. The van der Waals surface area contributed by atoms with Gasteiger partial charge in [0.1, 0.15) is 0 Å². The predicted molar refractivity (Wildman–Crippen MR) is 164 cm³/mol. The molecule has 0 bridgehead atoms. The molecule has 0 saturated carbocycles. The van der Waals surface area contributed by atoms with Crippen LogP contribution in [-0.4, -0.2) is 0 Å². The van der Waals surface area contributed by atoms with Crippen molar-refractivity contribution in [3.63, 3.8) is 0 Å². The molecule has 0 heterocycles. The molecular weight excluding hydrogens is 564 g/mol. The molecule has 0 amide bonds. The van der Waals surface area contributed by atoms with Crippen LogP contribution in [0, 0.1) is 0 Å². The van der Waals surface area contributed by atoms with Crippen molar-refractivity contribution in [2.75, 3.05) is 0 Å². The maximum atomic E-state index is 6.27. The molecule has 0 N–H and O–H groups in total. The molecule has 0 atom stereocenters. The highest BCUT2D eigenvalue weighted by Gasteiger charge is 2.25. The van der Waals surface area contributed by atoms with Crippen LogP contribution in [0.3, 0.4) is 0 Å². The Balaban J connectivity index is 1.74. The molecule has 0 nitrogen and oxygen atoms in total. The second kappa shape index (κ2) is 11.7. The molecule has 0 unspecified atom stereocenters. The summed E-state index contributed by atoms with van der Waals surface area (Å²) in [7, 11) is -1.74. The summed E-state index contributed by atoms with van der Waals surface area (Å²) in [5.74, 6) is 0. The van der Waals surface area contributed by atoms with Gasteiger partial charge in [-0.1, -0.05) is 119 Å². The summed E-state index contributed by atoms with van der Waals surface area (Å²) in [6, 6.07) is 41.5. The van der Waals surface area contributed by atoms with E-state index in [1.54, 1.807) is 0 Å². The monoisotopic (exact) mass is 582 g/mol. The van der Waals surface area contributed by atoms with Gasteiger partial charge in [0, 0.05) is 20.1 Å². The van der Waals surface area contributed by atoms with Crippen LogP contribution in [0.25, 0.3) is 0 Å². The molecule has 6 heteroatoms. The molecular formula is C30H20Cl4P2. The minimum Gasteiger partial charge on any atom is -0.0843 e. The number of halogens is 4. The Bertz CT molecular complexity index is 1240. The third-order valence-corrected chi connectivity index (χ3v) is 11.9. The minimum absolute atomic E-state index is 0.725. The zero-order valence-electron chi connectivity index (χ0n) is 19.0. The summed E-state index contributed by atoms with van der Waals surface area (Å²) >= 11 is 25.1. The first-order valence-corrected chi connectivity index (χ1v) is 15.4. The summed E-state index contributed by atoms with van der Waals surface area (Å²) in [5, 5.41) is 10.4. The van der Waals surface area contributed by atoms with E-state index in [1.165, 1.54) is 31.8 Å². The maximum absolute atomic E-state index is 6.27. The smallest absolute Gasteiger partial charge is 0.0406 e. The zero-order chi connectivity index (χ0) is 25.1. The average molecular weight is 584 g/mol. The summed E-state index contributed by atoms with van der Waals surface area (Å²) < 4.78 is 0. The molecule has 0 aliphatic heterocycles. The van der Waals surface area contributed by atoms with Gasteiger partial charge in [-0.2, -0.15) is 0 Å². The van der Waals surface area contributed by atoms with Crippen molar-refractivity contribution in [3.05, 3.63) is 141 Å². The van der Waals surface area contributed by atoms with Crippen molar-refractivity contribution in [1.82, 2.24) is 0 Å². The van der Waals surface area contributed by atoms with Gasteiger partial charge in [0.15, 0.2) is 0 Å². The lowest BCUT2D eigenvalue weighted by atomic mass is 10.3. The largest absolute Gasteiger partial charge is 0.0843 e. The molecule has 0 radical (unpaired) electrons. The highest BCUT2D eigenvalue weighted by Crippen LogP contribution is 2.39. The van der Waals surface area contributed by atoms with E-state index in [-0.39, 0.29) is 0 Å². The Hall–Kier alpha value is -1.88. The van der Waals surface area contributed by atoms with E-state index in [0.29, 0.717) is 0 Å². The van der Waals surface area contributed by atoms with Gasteiger partial charge in [0.25, 0.3) is 0 Å². The first kappa shape index (κ1) is 25.8. The van der Waals surface area contributed by atoms with E-state index in [2.05, 4.69) is 72.8 Å². The summed E-state index contributed by atoms with van der Waals surface area (Å²) in [6.07, 6.45) is 0. The second-order valence-electron chi connectivity index (χ2n) is 8.07. The van der Waals surface area contributed by atoms with Crippen molar-refractivity contribution in [2.45, 2.75) is 0 Å². The summed E-state index contributed by atoms with van der Waals surface area (Å²) in [5.41, 5.74) is 0. The molecule has 0 aliphatic carbocycles. The lowest BCUT2D eigenvalue weighted by Gasteiger charge is -2.27. The molecule has 36 heavy (non-hydrogen) atoms. The van der Waals surface area contributed by atoms with Crippen molar-refractivity contribution in [3.8, 4) is 0 Å². The Morgan fingerprint density at radius 3 is 0.750 bits per heavy atom. The third-order valence-electron chi connectivity index (χ3n) is 5.70. The number of hydrogen-bond acceptors (Lipinski definition) is 0. The van der Waals surface area contributed by atoms with Gasteiger partial charge in [-0.25, -0.2) is 0 Å². The van der Waals surface area contributed by atoms with Crippen molar-refractivity contribution < 1.29 is 0 Å². The number of benzene rings is 5. The predicted octanol–water partition coefficient (Wildman–Crippen LogP) is 7.82. The SMILES string of the molecule is Clc1ccc(P(c2ccc(Cl)cc2)c2ccccc2P(c2ccc(Cl)cc2)c2ccc(Cl)cc2)cc1. The van der Waals surface area contributed by atoms with Gasteiger partial charge >= 0.3 is 0 Å². The molecule has 0 saturated heterocycles. The van der Waals surface area contributed by atoms with Crippen LogP contribution in [0.5, 0.6) is 0 Å². The topological polar surface area (TPSA) is 0 Å². The van der Waals surface area contributed by atoms with Gasteiger partial charge in [0.2, 0.25) is 0 Å². The van der Waals surface area contributed by atoms with Gasteiger partial charge in [-0.15, -0.1) is 0 Å². The fourth-order valence-electron chi connectivity index (χ4n) is 4.06. The van der Waals surface area contributed by atoms with Crippen molar-refractivity contribution in [1.29, 1.82) is 0 Å². The standard InChI is InChI=1S/C30H20Cl4P2/c31-21-5-13-25(14-6-21)35(26-15-7-22(32)8-16-26)29-3-1-2-4-30(29)36(27-17-9-23(33)10-18-27)28-19-11-24(34)12-20-28/h1-20H. The molecule has 5 aromatic rings. The minimum atomic E-state index is -0.870. The maximum Gasteiger partial charge on any atom is 0.0406 e. The van der Waals surface area contributed by atoms with Gasteiger partial charge in [0.05, 0.1) is 0 Å². The molecule has 0 aliphatic rings. The van der Waals surface area contributed by atoms with Crippen molar-refractivity contribution in [2.24, 2.45) is 0 Å². The first-order valence-electron chi connectivity index (χ1n) is 11.2. The highest BCUT2D eigenvalue weighted by atomic mass is 35.5. The fraction of sp³-hybridized carbons (Fsp3) is 0. The normalized spacial score (nSPS) is 11.3. The molecule has 0 aromatic heterocycles. The van der Waals surface area contributed by atoms with E-state index in [9.17, 15) is 0 Å². The van der Waals surface area contributed by atoms with Crippen LogP contribution in [-0.2, 0) is 0 Å². The lowest BCUT2D eigenvalue weighted by molar-refractivity contribution is 1.73. The first-order chi connectivity index (χ1) is 17.5. The highest BCUT2D eigenvalue weighted by molar-refractivity contribution is 7.85. The van der Waals surface area contributed by atoms with E-state index in [4.69, 9.17) is 46.4 Å². The molecule has 0 spiro atoms. The van der Waals surface area contributed by atoms with Crippen LogP contribution in [0.15, 0.2) is 121 Å². The van der Waals surface area contributed by atoms with Crippen molar-refractivity contribution >= 4 is 94.1 Å².